The predicted molar refractivity (Wildman–Crippen MR) is 76.4 cm³/mol. The lowest BCUT2D eigenvalue weighted by atomic mass is 10.1. The Balaban J connectivity index is 3.01. The normalized spacial score (nSPS) is 10.3. The number of hydrogen-bond donors (Lipinski definition) is 2. The molecule has 0 fully saturated rings. The summed E-state index contributed by atoms with van der Waals surface area (Å²) in [6.07, 6.45) is 0.00788. The first-order chi connectivity index (χ1) is 9.54. The number of nitrogens with one attached hydrogen (secondary N) is 1. The molecule has 1 heterocycles. The van der Waals surface area contributed by atoms with Crippen LogP contribution in [0.1, 0.15) is 5.69 Å². The number of benzene rings is 1. The summed E-state index contributed by atoms with van der Waals surface area (Å²) in [5.41, 5.74) is -0.248. The minimum absolute atomic E-state index is 0.00788. The average molecular weight is 339 g/mol. The molecule has 2 N–H and O–H groups in total. The first kappa shape index (κ1) is 14.2. The van der Waals surface area contributed by atoms with Crippen LogP contribution >= 0.6 is 15.9 Å². The van der Waals surface area contributed by atoms with Crippen LogP contribution in [0.4, 0.5) is 0 Å². The Morgan fingerprint density at radius 1 is 1.45 bits per heavy atom. The van der Waals surface area contributed by atoms with Crippen molar-refractivity contribution in [3.8, 4) is 23.3 Å². The lowest BCUT2D eigenvalue weighted by molar-refractivity contribution is 0.354. The van der Waals surface area contributed by atoms with Crippen LogP contribution in [0.3, 0.4) is 0 Å². The molecule has 0 aliphatic rings. The fourth-order valence-corrected chi connectivity index (χ4v) is 2.77. The van der Waals surface area contributed by atoms with Gasteiger partial charge in [0.1, 0.15) is 0 Å². The van der Waals surface area contributed by atoms with E-state index in [0.717, 1.165) is 0 Å². The number of rotatable bonds is 3. The lowest BCUT2D eigenvalue weighted by Gasteiger charge is -2.14. The molecule has 0 spiro atoms. The molecule has 0 bridgehead atoms. The Morgan fingerprint density at radius 3 is 2.70 bits per heavy atom. The molecule has 0 unspecified atom stereocenters. The van der Waals surface area contributed by atoms with Crippen molar-refractivity contribution in [1.82, 2.24) is 4.98 Å². The van der Waals surface area contributed by atoms with Gasteiger partial charge in [-0.2, -0.15) is 5.26 Å². The standard InChI is InChI=1S/C13H11BrN2O4/c1-19-8-5-6-7(3-4-15)16-13(18)11(17)9(6)10(14)12(8)20-2/h5,17H,3H2,1-2H3,(H,16,18). The van der Waals surface area contributed by atoms with Crippen LogP contribution in [0, 0.1) is 11.3 Å². The zero-order chi connectivity index (χ0) is 14.9. The smallest absolute Gasteiger partial charge is 0.291 e. The molecule has 0 saturated carbocycles. The van der Waals surface area contributed by atoms with Crippen molar-refractivity contribution in [1.29, 1.82) is 5.26 Å². The van der Waals surface area contributed by atoms with Gasteiger partial charge in [0.2, 0.25) is 0 Å². The zero-order valence-electron chi connectivity index (χ0n) is 10.8. The van der Waals surface area contributed by atoms with Crippen LogP contribution in [0.25, 0.3) is 10.8 Å². The molecule has 1 aromatic carbocycles. The van der Waals surface area contributed by atoms with Gasteiger partial charge in [-0.3, -0.25) is 4.79 Å². The van der Waals surface area contributed by atoms with Gasteiger partial charge in [-0.15, -0.1) is 0 Å². The number of fused-ring (bicyclic) bond motifs is 1. The van der Waals surface area contributed by atoms with Gasteiger partial charge >= 0.3 is 0 Å². The molecule has 2 rings (SSSR count). The van der Waals surface area contributed by atoms with Gasteiger partial charge in [0, 0.05) is 16.5 Å². The average Bonchev–Trinajstić information content (AvgIpc) is 2.43. The highest BCUT2D eigenvalue weighted by Crippen LogP contribution is 2.43. The van der Waals surface area contributed by atoms with Crippen LogP contribution in [-0.2, 0) is 6.42 Å². The van der Waals surface area contributed by atoms with Crippen molar-refractivity contribution in [3.05, 3.63) is 26.6 Å². The molecule has 6 nitrogen and oxygen atoms in total. The lowest BCUT2D eigenvalue weighted by Crippen LogP contribution is -2.10. The van der Waals surface area contributed by atoms with Gasteiger partial charge in [-0.1, -0.05) is 0 Å². The van der Waals surface area contributed by atoms with E-state index >= 15 is 0 Å². The first-order valence-corrected chi connectivity index (χ1v) is 6.39. The Labute approximate surface area is 122 Å². The molecule has 0 saturated heterocycles. The molecule has 104 valence electrons. The predicted octanol–water partition coefficient (Wildman–Crippen LogP) is 2.08. The summed E-state index contributed by atoms with van der Waals surface area (Å²) in [5.74, 6) is 0.357. The van der Waals surface area contributed by atoms with Gasteiger partial charge < -0.3 is 19.6 Å². The third-order valence-electron chi connectivity index (χ3n) is 2.91. The molecule has 0 amide bonds. The SMILES string of the molecule is COc1cc2c(CC#N)[nH]c(=O)c(O)c2c(Br)c1OC. The number of ether oxygens (including phenoxy) is 2. The summed E-state index contributed by atoms with van der Waals surface area (Å²) < 4.78 is 10.8. The third kappa shape index (κ3) is 2.08. The van der Waals surface area contributed by atoms with E-state index in [0.29, 0.717) is 27.1 Å². The largest absolute Gasteiger partial charge is 0.503 e. The number of H-pyrrole nitrogens is 1. The Morgan fingerprint density at radius 2 is 2.15 bits per heavy atom. The molecule has 20 heavy (non-hydrogen) atoms. The highest BCUT2D eigenvalue weighted by molar-refractivity contribution is 9.10. The van der Waals surface area contributed by atoms with Crippen LogP contribution in [0.2, 0.25) is 0 Å². The number of aromatic amines is 1. The van der Waals surface area contributed by atoms with E-state index in [1.54, 1.807) is 6.07 Å². The number of methoxy groups -OCH3 is 2. The quantitative estimate of drug-likeness (QED) is 0.893. The van der Waals surface area contributed by atoms with Crippen molar-refractivity contribution in [3.63, 3.8) is 0 Å². The summed E-state index contributed by atoms with van der Waals surface area (Å²) in [5, 5.41) is 19.6. The molecular formula is C13H11BrN2O4. The van der Waals surface area contributed by atoms with E-state index in [1.165, 1.54) is 14.2 Å². The molecule has 7 heteroatoms. The summed E-state index contributed by atoms with van der Waals surface area (Å²) in [7, 11) is 2.93. The van der Waals surface area contributed by atoms with Crippen molar-refractivity contribution < 1.29 is 14.6 Å². The number of hydrogen-bond acceptors (Lipinski definition) is 5. The Kier molecular flexibility index (Phi) is 3.86. The number of nitrogens with zero attached hydrogens (tertiary/aromatic N) is 1. The van der Waals surface area contributed by atoms with E-state index in [2.05, 4.69) is 20.9 Å². The first-order valence-electron chi connectivity index (χ1n) is 5.60. The van der Waals surface area contributed by atoms with Gasteiger partial charge in [0.15, 0.2) is 17.2 Å². The molecule has 0 atom stereocenters. The second-order valence-electron chi connectivity index (χ2n) is 3.96. The van der Waals surface area contributed by atoms with E-state index in [9.17, 15) is 9.90 Å². The maximum atomic E-state index is 11.7. The minimum Gasteiger partial charge on any atom is -0.503 e. The number of pyridine rings is 1. The highest BCUT2D eigenvalue weighted by Gasteiger charge is 2.20. The topological polar surface area (TPSA) is 95.3 Å². The van der Waals surface area contributed by atoms with Crippen LogP contribution < -0.4 is 15.0 Å². The zero-order valence-corrected chi connectivity index (χ0v) is 12.4. The highest BCUT2D eigenvalue weighted by atomic mass is 79.9. The Bertz CT molecular complexity index is 777. The van der Waals surface area contributed by atoms with Gasteiger partial charge in [0.25, 0.3) is 5.56 Å². The molecule has 0 aliphatic carbocycles. The van der Waals surface area contributed by atoms with Crippen molar-refractivity contribution in [2.24, 2.45) is 0 Å². The number of aromatic hydroxyl groups is 1. The number of aromatic nitrogens is 1. The second kappa shape index (κ2) is 5.43. The van der Waals surface area contributed by atoms with E-state index in [-0.39, 0.29) is 11.8 Å². The molecule has 2 aromatic rings. The summed E-state index contributed by atoms with van der Waals surface area (Å²) in [4.78, 5) is 14.2. The molecule has 0 aliphatic heterocycles. The van der Waals surface area contributed by atoms with Crippen molar-refractivity contribution >= 4 is 26.7 Å². The number of halogens is 1. The summed E-state index contributed by atoms with van der Waals surface area (Å²) in [6.45, 7) is 0. The van der Waals surface area contributed by atoms with Gasteiger partial charge in [-0.05, 0) is 22.0 Å². The van der Waals surface area contributed by atoms with Crippen LogP contribution in [-0.4, -0.2) is 24.3 Å². The van der Waals surface area contributed by atoms with Gasteiger partial charge in [0.05, 0.1) is 31.2 Å². The van der Waals surface area contributed by atoms with E-state index < -0.39 is 11.3 Å². The maximum Gasteiger partial charge on any atom is 0.291 e. The third-order valence-corrected chi connectivity index (χ3v) is 3.67. The molecular weight excluding hydrogens is 328 g/mol. The molecule has 0 radical (unpaired) electrons. The minimum atomic E-state index is -0.657. The van der Waals surface area contributed by atoms with Crippen molar-refractivity contribution in [2.45, 2.75) is 6.42 Å². The summed E-state index contributed by atoms with van der Waals surface area (Å²) >= 11 is 3.30. The van der Waals surface area contributed by atoms with E-state index in [1.807, 2.05) is 6.07 Å². The monoisotopic (exact) mass is 338 g/mol. The maximum absolute atomic E-state index is 11.7. The van der Waals surface area contributed by atoms with Crippen LogP contribution in [0.15, 0.2) is 15.3 Å². The van der Waals surface area contributed by atoms with E-state index in [4.69, 9.17) is 14.7 Å². The Hall–Kier alpha value is -2.20. The summed E-state index contributed by atoms with van der Waals surface area (Å²) in [6, 6.07) is 3.58. The fourth-order valence-electron chi connectivity index (χ4n) is 2.02. The fraction of sp³-hybridized carbons (Fsp3) is 0.231. The van der Waals surface area contributed by atoms with Crippen molar-refractivity contribution in [2.75, 3.05) is 14.2 Å². The van der Waals surface area contributed by atoms with Crippen LogP contribution in [0.5, 0.6) is 17.2 Å². The second-order valence-corrected chi connectivity index (χ2v) is 4.76. The number of nitriles is 1. The van der Waals surface area contributed by atoms with Gasteiger partial charge in [-0.25, -0.2) is 0 Å². The molecule has 1 aromatic heterocycles.